The third kappa shape index (κ3) is 5.69. The lowest BCUT2D eigenvalue weighted by Crippen LogP contribution is -2.25. The molecule has 0 atom stereocenters. The predicted octanol–water partition coefficient (Wildman–Crippen LogP) is 3.77. The van der Waals surface area contributed by atoms with Gasteiger partial charge in [-0.15, -0.1) is 0 Å². The van der Waals surface area contributed by atoms with Crippen LogP contribution in [0.2, 0.25) is 0 Å². The van der Waals surface area contributed by atoms with Gasteiger partial charge in [-0.1, -0.05) is 44.0 Å². The fourth-order valence-corrected chi connectivity index (χ4v) is 2.24. The number of amides is 1. The molecule has 0 heterocycles. The first-order valence-electron chi connectivity index (χ1n) is 6.20. The van der Waals surface area contributed by atoms with E-state index in [1.54, 1.807) is 6.21 Å². The summed E-state index contributed by atoms with van der Waals surface area (Å²) in [5.74, 6) is -0.204. The van der Waals surface area contributed by atoms with Gasteiger partial charge in [0, 0.05) is 14.6 Å². The largest absolute Gasteiger partial charge is 0.376 e. The fraction of sp³-hybridized carbons (Fsp3) is 0.0667. The number of halogens is 2. The lowest BCUT2D eigenvalue weighted by molar-refractivity contribution is -0.119. The molecule has 0 saturated carbocycles. The van der Waals surface area contributed by atoms with Crippen molar-refractivity contribution in [2.75, 3.05) is 11.9 Å². The average Bonchev–Trinajstić information content (AvgIpc) is 2.47. The Hall–Kier alpha value is -1.66. The van der Waals surface area contributed by atoms with E-state index >= 15 is 0 Å². The summed E-state index contributed by atoms with van der Waals surface area (Å²) in [6, 6.07) is 15.2. The Kier molecular flexibility index (Phi) is 5.95. The fourth-order valence-electron chi connectivity index (χ4n) is 1.56. The molecule has 0 aliphatic heterocycles. The monoisotopic (exact) mass is 409 g/mol. The summed E-state index contributed by atoms with van der Waals surface area (Å²) in [4.78, 5) is 11.6. The molecule has 0 aliphatic rings. The van der Waals surface area contributed by atoms with Crippen molar-refractivity contribution >= 4 is 49.7 Å². The molecule has 0 bridgehead atoms. The van der Waals surface area contributed by atoms with Crippen LogP contribution >= 0.6 is 31.9 Å². The highest BCUT2D eigenvalue weighted by Gasteiger charge is 1.99. The molecular weight excluding hydrogens is 398 g/mol. The minimum Gasteiger partial charge on any atom is -0.376 e. The first kappa shape index (κ1) is 15.7. The molecular formula is C15H13Br2N3O. The van der Waals surface area contributed by atoms with Gasteiger partial charge in [0.05, 0.1) is 12.8 Å². The second kappa shape index (κ2) is 7.95. The van der Waals surface area contributed by atoms with Gasteiger partial charge in [-0.25, -0.2) is 5.43 Å². The number of nitrogens with one attached hydrogen (secondary N) is 2. The summed E-state index contributed by atoms with van der Waals surface area (Å²) in [6.07, 6.45) is 1.60. The minimum absolute atomic E-state index is 0.164. The molecule has 0 aromatic heterocycles. The number of hydrogen-bond acceptors (Lipinski definition) is 3. The van der Waals surface area contributed by atoms with E-state index < -0.39 is 0 Å². The summed E-state index contributed by atoms with van der Waals surface area (Å²) < 4.78 is 1.96. The van der Waals surface area contributed by atoms with Gasteiger partial charge in [0.1, 0.15) is 0 Å². The van der Waals surface area contributed by atoms with Crippen LogP contribution in [0.1, 0.15) is 5.56 Å². The molecule has 0 spiro atoms. The Balaban J connectivity index is 1.78. The standard InChI is InChI=1S/C15H13Br2N3O/c16-12-4-6-14(7-5-12)18-10-15(21)20-19-9-11-2-1-3-13(17)8-11/h1-9,18H,10H2,(H,20,21)/b19-9+. The van der Waals surface area contributed by atoms with E-state index in [9.17, 15) is 4.79 Å². The molecule has 2 N–H and O–H groups in total. The van der Waals surface area contributed by atoms with Crippen LogP contribution < -0.4 is 10.7 Å². The molecule has 0 fully saturated rings. The third-order valence-corrected chi connectivity index (χ3v) is 3.57. The SMILES string of the molecule is O=C(CNc1ccc(Br)cc1)N/N=C/c1cccc(Br)c1. The molecule has 108 valence electrons. The van der Waals surface area contributed by atoms with Gasteiger partial charge in [-0.2, -0.15) is 5.10 Å². The van der Waals surface area contributed by atoms with E-state index in [-0.39, 0.29) is 12.5 Å². The summed E-state index contributed by atoms with van der Waals surface area (Å²) in [6.45, 7) is 0.164. The molecule has 6 heteroatoms. The van der Waals surface area contributed by atoms with Gasteiger partial charge in [0.15, 0.2) is 0 Å². The van der Waals surface area contributed by atoms with Crippen molar-refractivity contribution < 1.29 is 4.79 Å². The highest BCUT2D eigenvalue weighted by Crippen LogP contribution is 2.13. The summed E-state index contributed by atoms with van der Waals surface area (Å²) in [7, 11) is 0. The van der Waals surface area contributed by atoms with Gasteiger partial charge in [0.2, 0.25) is 0 Å². The van der Waals surface area contributed by atoms with Crippen molar-refractivity contribution in [3.8, 4) is 0 Å². The number of carbonyl (C=O) groups is 1. The summed E-state index contributed by atoms with van der Waals surface area (Å²) in [5.41, 5.74) is 4.26. The van der Waals surface area contributed by atoms with E-state index in [1.165, 1.54) is 0 Å². The number of anilines is 1. The van der Waals surface area contributed by atoms with Gasteiger partial charge in [-0.05, 0) is 42.0 Å². The van der Waals surface area contributed by atoms with Gasteiger partial charge in [0.25, 0.3) is 5.91 Å². The Morgan fingerprint density at radius 2 is 1.86 bits per heavy atom. The van der Waals surface area contributed by atoms with Crippen LogP contribution in [0.4, 0.5) is 5.69 Å². The molecule has 2 rings (SSSR count). The molecule has 0 unspecified atom stereocenters. The summed E-state index contributed by atoms with van der Waals surface area (Å²) in [5, 5.41) is 6.93. The normalized spacial score (nSPS) is 10.6. The first-order valence-corrected chi connectivity index (χ1v) is 7.79. The van der Waals surface area contributed by atoms with Crippen molar-refractivity contribution in [1.82, 2.24) is 5.43 Å². The van der Waals surface area contributed by atoms with Crippen LogP contribution in [0.3, 0.4) is 0 Å². The van der Waals surface area contributed by atoms with Crippen LogP contribution in [0.15, 0.2) is 62.6 Å². The summed E-state index contributed by atoms with van der Waals surface area (Å²) >= 11 is 6.73. The Morgan fingerprint density at radius 1 is 1.10 bits per heavy atom. The van der Waals surface area contributed by atoms with Crippen molar-refractivity contribution in [3.05, 3.63) is 63.0 Å². The Morgan fingerprint density at radius 3 is 2.57 bits per heavy atom. The van der Waals surface area contributed by atoms with Crippen molar-refractivity contribution in [3.63, 3.8) is 0 Å². The first-order chi connectivity index (χ1) is 10.1. The molecule has 0 aliphatic carbocycles. The van der Waals surface area contributed by atoms with Crippen molar-refractivity contribution in [2.45, 2.75) is 0 Å². The van der Waals surface area contributed by atoms with E-state index in [1.807, 2.05) is 48.5 Å². The van der Waals surface area contributed by atoms with Crippen LogP contribution in [0.5, 0.6) is 0 Å². The number of hydrogen-bond donors (Lipinski definition) is 2. The van der Waals surface area contributed by atoms with E-state index in [2.05, 4.69) is 47.7 Å². The zero-order valence-corrected chi connectivity index (χ0v) is 14.2. The second-order valence-electron chi connectivity index (χ2n) is 4.21. The second-order valence-corrected chi connectivity index (χ2v) is 6.04. The maximum atomic E-state index is 11.6. The number of hydrazone groups is 1. The Labute approximate surface area is 139 Å². The topological polar surface area (TPSA) is 53.5 Å². The maximum Gasteiger partial charge on any atom is 0.259 e. The number of benzene rings is 2. The van der Waals surface area contributed by atoms with E-state index in [0.29, 0.717) is 0 Å². The molecule has 0 radical (unpaired) electrons. The van der Waals surface area contributed by atoms with Crippen molar-refractivity contribution in [2.24, 2.45) is 5.10 Å². The van der Waals surface area contributed by atoms with E-state index in [4.69, 9.17) is 0 Å². The third-order valence-electron chi connectivity index (χ3n) is 2.55. The lowest BCUT2D eigenvalue weighted by Gasteiger charge is -2.05. The number of carbonyl (C=O) groups excluding carboxylic acids is 1. The van der Waals surface area contributed by atoms with Crippen LogP contribution in [-0.4, -0.2) is 18.7 Å². The van der Waals surface area contributed by atoms with Crippen LogP contribution in [0.25, 0.3) is 0 Å². The van der Waals surface area contributed by atoms with Gasteiger partial charge >= 0.3 is 0 Å². The van der Waals surface area contributed by atoms with Crippen molar-refractivity contribution in [1.29, 1.82) is 0 Å². The van der Waals surface area contributed by atoms with Gasteiger partial charge in [-0.3, -0.25) is 4.79 Å². The number of nitrogens with zero attached hydrogens (tertiary/aromatic N) is 1. The lowest BCUT2D eigenvalue weighted by atomic mass is 10.2. The molecule has 1 amide bonds. The molecule has 2 aromatic carbocycles. The molecule has 21 heavy (non-hydrogen) atoms. The van der Waals surface area contributed by atoms with Gasteiger partial charge < -0.3 is 5.32 Å². The maximum absolute atomic E-state index is 11.6. The van der Waals surface area contributed by atoms with E-state index in [0.717, 1.165) is 20.2 Å². The van der Waals surface area contributed by atoms with Crippen LogP contribution in [-0.2, 0) is 4.79 Å². The molecule has 4 nitrogen and oxygen atoms in total. The average molecular weight is 411 g/mol. The smallest absolute Gasteiger partial charge is 0.259 e. The highest BCUT2D eigenvalue weighted by molar-refractivity contribution is 9.10. The zero-order chi connectivity index (χ0) is 15.1. The molecule has 2 aromatic rings. The molecule has 0 saturated heterocycles. The number of rotatable bonds is 5. The highest BCUT2D eigenvalue weighted by atomic mass is 79.9. The quantitative estimate of drug-likeness (QED) is 0.582. The Bertz CT molecular complexity index is 642. The predicted molar refractivity (Wildman–Crippen MR) is 92.5 cm³/mol. The zero-order valence-electron chi connectivity index (χ0n) is 11.0. The van der Waals surface area contributed by atoms with Crippen LogP contribution in [0, 0.1) is 0 Å². The minimum atomic E-state index is -0.204.